The number of hydrogen-bond acceptors (Lipinski definition) is 2. The van der Waals surface area contributed by atoms with Crippen LogP contribution in [-0.4, -0.2) is 14.8 Å². The van der Waals surface area contributed by atoms with E-state index in [0.717, 1.165) is 12.2 Å². The zero-order valence-electron chi connectivity index (χ0n) is 12.2. The molecule has 106 valence electrons. The Kier molecular flexibility index (Phi) is 3.11. The highest BCUT2D eigenvalue weighted by Gasteiger charge is 2.37. The molecule has 1 aromatic carbocycles. The number of rotatable bonds is 3. The second-order valence-electron chi connectivity index (χ2n) is 5.85. The van der Waals surface area contributed by atoms with Gasteiger partial charge in [-0.1, -0.05) is 44.2 Å². The number of benzene rings is 1. The average molecular weight is 273 g/mol. The van der Waals surface area contributed by atoms with E-state index in [2.05, 4.69) is 29.1 Å². The molecule has 3 rings (SSSR count). The van der Waals surface area contributed by atoms with Crippen molar-refractivity contribution in [2.45, 2.75) is 51.2 Å². The second-order valence-corrected chi connectivity index (χ2v) is 5.85. The molecule has 20 heavy (non-hydrogen) atoms. The molecule has 1 aromatic heterocycles. The largest absolute Gasteiger partial charge is 0.242 e. The molecule has 0 saturated carbocycles. The van der Waals surface area contributed by atoms with E-state index in [0.29, 0.717) is 18.2 Å². The van der Waals surface area contributed by atoms with Crippen LogP contribution in [0.4, 0.5) is 4.39 Å². The van der Waals surface area contributed by atoms with E-state index in [1.54, 1.807) is 6.92 Å². The lowest BCUT2D eigenvalue weighted by atomic mass is 10.00. The molecule has 0 fully saturated rings. The molecular formula is C16H20FN3. The van der Waals surface area contributed by atoms with Crippen LogP contribution < -0.4 is 0 Å². The Morgan fingerprint density at radius 3 is 2.70 bits per heavy atom. The van der Waals surface area contributed by atoms with Crippen molar-refractivity contribution in [1.82, 2.24) is 14.8 Å². The standard InChI is InChI=1S/C16H20FN3/c1-4-16(3,17)15-18-14-11(2)10-13(20(14)19-15)12-8-6-5-7-9-12/h5-9,11,13H,4,10H2,1-3H3/t11-,13-,16?/m0/s1. The third-order valence-electron chi connectivity index (χ3n) is 4.28. The lowest BCUT2D eigenvalue weighted by molar-refractivity contribution is 0.170. The van der Waals surface area contributed by atoms with Gasteiger partial charge in [0.2, 0.25) is 0 Å². The number of hydrogen-bond donors (Lipinski definition) is 0. The normalized spacial score (nSPS) is 24.4. The van der Waals surface area contributed by atoms with Crippen LogP contribution in [-0.2, 0) is 5.67 Å². The minimum atomic E-state index is -1.45. The van der Waals surface area contributed by atoms with Gasteiger partial charge in [0.15, 0.2) is 11.5 Å². The van der Waals surface area contributed by atoms with Crippen LogP contribution in [0, 0.1) is 0 Å². The number of nitrogens with zero attached hydrogens (tertiary/aromatic N) is 3. The van der Waals surface area contributed by atoms with Gasteiger partial charge in [-0.3, -0.25) is 0 Å². The summed E-state index contributed by atoms with van der Waals surface area (Å²) in [6.07, 6.45) is 1.37. The van der Waals surface area contributed by atoms with Crippen molar-refractivity contribution in [1.29, 1.82) is 0 Å². The first-order chi connectivity index (χ1) is 9.53. The van der Waals surface area contributed by atoms with Crippen molar-refractivity contribution >= 4 is 0 Å². The van der Waals surface area contributed by atoms with Crippen LogP contribution >= 0.6 is 0 Å². The van der Waals surface area contributed by atoms with Gasteiger partial charge in [0.05, 0.1) is 6.04 Å². The van der Waals surface area contributed by atoms with Crippen molar-refractivity contribution in [2.24, 2.45) is 0 Å². The Hall–Kier alpha value is -1.71. The molecule has 0 radical (unpaired) electrons. The summed E-state index contributed by atoms with van der Waals surface area (Å²) in [5, 5.41) is 4.47. The Labute approximate surface area is 118 Å². The van der Waals surface area contributed by atoms with Crippen LogP contribution in [0.5, 0.6) is 0 Å². The Bertz CT molecular complexity index is 603. The van der Waals surface area contributed by atoms with Gasteiger partial charge in [0.25, 0.3) is 0 Å². The van der Waals surface area contributed by atoms with Crippen molar-refractivity contribution in [3.05, 3.63) is 47.5 Å². The molecule has 1 unspecified atom stereocenters. The van der Waals surface area contributed by atoms with E-state index in [4.69, 9.17) is 0 Å². The molecule has 0 bridgehead atoms. The highest BCUT2D eigenvalue weighted by Crippen LogP contribution is 2.39. The fourth-order valence-corrected chi connectivity index (χ4v) is 2.77. The summed E-state index contributed by atoms with van der Waals surface area (Å²) in [4.78, 5) is 4.47. The highest BCUT2D eigenvalue weighted by atomic mass is 19.1. The lowest BCUT2D eigenvalue weighted by Crippen LogP contribution is -2.17. The quantitative estimate of drug-likeness (QED) is 0.847. The maximum absolute atomic E-state index is 14.4. The monoisotopic (exact) mass is 273 g/mol. The van der Waals surface area contributed by atoms with Gasteiger partial charge in [-0.25, -0.2) is 14.1 Å². The van der Waals surface area contributed by atoms with Crippen molar-refractivity contribution in [3.63, 3.8) is 0 Å². The average Bonchev–Trinajstić information content (AvgIpc) is 3.01. The van der Waals surface area contributed by atoms with Crippen LogP contribution in [0.2, 0.25) is 0 Å². The fraction of sp³-hybridized carbons (Fsp3) is 0.500. The van der Waals surface area contributed by atoms with E-state index in [-0.39, 0.29) is 6.04 Å². The van der Waals surface area contributed by atoms with Gasteiger partial charge in [-0.2, -0.15) is 5.10 Å². The Morgan fingerprint density at radius 2 is 2.05 bits per heavy atom. The van der Waals surface area contributed by atoms with Gasteiger partial charge in [0, 0.05) is 5.92 Å². The maximum Gasteiger partial charge on any atom is 0.187 e. The van der Waals surface area contributed by atoms with Gasteiger partial charge >= 0.3 is 0 Å². The van der Waals surface area contributed by atoms with Crippen LogP contribution in [0.25, 0.3) is 0 Å². The van der Waals surface area contributed by atoms with Gasteiger partial charge in [-0.15, -0.1) is 0 Å². The maximum atomic E-state index is 14.4. The number of alkyl halides is 1. The van der Waals surface area contributed by atoms with E-state index in [1.165, 1.54) is 5.56 Å². The second kappa shape index (κ2) is 4.69. The molecule has 0 saturated heterocycles. The number of halogens is 1. The topological polar surface area (TPSA) is 30.7 Å². The highest BCUT2D eigenvalue weighted by molar-refractivity contribution is 5.24. The van der Waals surface area contributed by atoms with Crippen molar-refractivity contribution in [3.8, 4) is 0 Å². The molecule has 1 aliphatic rings. The smallest absolute Gasteiger partial charge is 0.187 e. The van der Waals surface area contributed by atoms with Gasteiger partial charge < -0.3 is 0 Å². The van der Waals surface area contributed by atoms with E-state index in [9.17, 15) is 4.39 Å². The summed E-state index contributed by atoms with van der Waals surface area (Å²) in [7, 11) is 0. The molecule has 2 heterocycles. The molecule has 0 N–H and O–H groups in total. The molecule has 3 atom stereocenters. The molecule has 0 spiro atoms. The van der Waals surface area contributed by atoms with Gasteiger partial charge in [0.1, 0.15) is 5.82 Å². The number of aromatic nitrogens is 3. The summed E-state index contributed by atoms with van der Waals surface area (Å²) >= 11 is 0. The van der Waals surface area contributed by atoms with E-state index < -0.39 is 5.67 Å². The SMILES string of the molecule is CCC(C)(F)c1nc2n(n1)[C@H](c1ccccc1)C[C@@H]2C. The van der Waals surface area contributed by atoms with Crippen molar-refractivity contribution < 1.29 is 4.39 Å². The fourth-order valence-electron chi connectivity index (χ4n) is 2.77. The first-order valence-corrected chi connectivity index (χ1v) is 7.23. The molecule has 3 nitrogen and oxygen atoms in total. The Morgan fingerprint density at radius 1 is 1.35 bits per heavy atom. The predicted molar refractivity (Wildman–Crippen MR) is 76.4 cm³/mol. The molecule has 2 aromatic rings. The molecular weight excluding hydrogens is 253 g/mol. The first-order valence-electron chi connectivity index (χ1n) is 7.23. The summed E-state index contributed by atoms with van der Waals surface area (Å²) in [6, 6.07) is 10.4. The minimum Gasteiger partial charge on any atom is -0.242 e. The summed E-state index contributed by atoms with van der Waals surface area (Å²) in [5.74, 6) is 1.54. The zero-order valence-corrected chi connectivity index (χ0v) is 12.2. The summed E-state index contributed by atoms with van der Waals surface area (Å²) < 4.78 is 16.3. The number of fused-ring (bicyclic) bond motifs is 1. The van der Waals surface area contributed by atoms with Crippen LogP contribution in [0.3, 0.4) is 0 Å². The predicted octanol–water partition coefficient (Wildman–Crippen LogP) is 3.97. The summed E-state index contributed by atoms with van der Waals surface area (Å²) in [6.45, 7) is 5.51. The minimum absolute atomic E-state index is 0.176. The van der Waals surface area contributed by atoms with Crippen LogP contribution in [0.1, 0.15) is 62.8 Å². The van der Waals surface area contributed by atoms with Crippen molar-refractivity contribution in [2.75, 3.05) is 0 Å². The molecule has 0 amide bonds. The zero-order chi connectivity index (χ0) is 14.3. The van der Waals surface area contributed by atoms with Crippen LogP contribution in [0.15, 0.2) is 30.3 Å². The van der Waals surface area contributed by atoms with Gasteiger partial charge in [-0.05, 0) is 25.3 Å². The third-order valence-corrected chi connectivity index (χ3v) is 4.28. The third kappa shape index (κ3) is 2.03. The first kappa shape index (κ1) is 13.3. The lowest BCUT2D eigenvalue weighted by Gasteiger charge is -2.15. The molecule has 1 aliphatic heterocycles. The van der Waals surface area contributed by atoms with E-state index in [1.807, 2.05) is 29.8 Å². The molecule has 0 aliphatic carbocycles. The summed E-state index contributed by atoms with van der Waals surface area (Å²) in [5.41, 5.74) is -0.232. The Balaban J connectivity index is 2.02. The van der Waals surface area contributed by atoms with E-state index >= 15 is 0 Å². The molecule has 4 heteroatoms.